The van der Waals surface area contributed by atoms with Gasteiger partial charge in [-0.25, -0.2) is 8.78 Å². The standard InChI is InChI=1S/C15H11F2N3O4/c16-9-3-1-8(2-4-9)13(14(18)21)19-15(22)11-6-5-10(17)7-12(11)20(23)24/h1-7,13H,(H2,18,21)(H,19,22)/t13-/m0/s1. The topological polar surface area (TPSA) is 115 Å². The Morgan fingerprint density at radius 3 is 2.21 bits per heavy atom. The van der Waals surface area contributed by atoms with E-state index >= 15 is 0 Å². The van der Waals surface area contributed by atoms with Crippen LogP contribution >= 0.6 is 0 Å². The fraction of sp³-hybridized carbons (Fsp3) is 0.0667. The minimum atomic E-state index is -1.33. The maximum atomic E-state index is 13.1. The van der Waals surface area contributed by atoms with Gasteiger partial charge in [0.25, 0.3) is 11.6 Å². The van der Waals surface area contributed by atoms with Crippen LogP contribution in [-0.4, -0.2) is 16.7 Å². The highest BCUT2D eigenvalue weighted by Crippen LogP contribution is 2.21. The molecule has 0 saturated carbocycles. The second-order valence-electron chi connectivity index (χ2n) is 4.78. The van der Waals surface area contributed by atoms with E-state index < -0.39 is 45.7 Å². The van der Waals surface area contributed by atoms with Crippen molar-refractivity contribution in [3.8, 4) is 0 Å². The maximum Gasteiger partial charge on any atom is 0.285 e. The number of hydrogen-bond acceptors (Lipinski definition) is 4. The first-order valence-corrected chi connectivity index (χ1v) is 6.59. The van der Waals surface area contributed by atoms with Crippen molar-refractivity contribution in [1.29, 1.82) is 0 Å². The summed E-state index contributed by atoms with van der Waals surface area (Å²) in [5.41, 5.74) is 4.22. The molecule has 2 rings (SSSR count). The van der Waals surface area contributed by atoms with Crippen LogP contribution in [0.3, 0.4) is 0 Å². The Balaban J connectivity index is 2.34. The van der Waals surface area contributed by atoms with Crippen molar-refractivity contribution in [1.82, 2.24) is 5.32 Å². The average molecular weight is 335 g/mol. The lowest BCUT2D eigenvalue weighted by atomic mass is 10.1. The molecule has 0 aliphatic rings. The van der Waals surface area contributed by atoms with E-state index in [1.54, 1.807) is 0 Å². The number of rotatable bonds is 5. The summed E-state index contributed by atoms with van der Waals surface area (Å²) in [5, 5.41) is 13.2. The molecule has 2 aromatic rings. The molecular formula is C15H11F2N3O4. The number of halogens is 2. The number of nitro benzene ring substituents is 1. The summed E-state index contributed by atoms with van der Waals surface area (Å²) < 4.78 is 26.1. The maximum absolute atomic E-state index is 13.1. The largest absolute Gasteiger partial charge is 0.368 e. The highest BCUT2D eigenvalue weighted by atomic mass is 19.1. The number of hydrogen-bond donors (Lipinski definition) is 2. The zero-order valence-corrected chi connectivity index (χ0v) is 12.0. The predicted molar refractivity (Wildman–Crippen MR) is 78.9 cm³/mol. The fourth-order valence-corrected chi connectivity index (χ4v) is 2.03. The molecular weight excluding hydrogens is 324 g/mol. The number of primary amides is 1. The predicted octanol–water partition coefficient (Wildman–Crippen LogP) is 1.83. The van der Waals surface area contributed by atoms with Gasteiger partial charge < -0.3 is 11.1 Å². The van der Waals surface area contributed by atoms with Crippen LogP contribution in [0.5, 0.6) is 0 Å². The van der Waals surface area contributed by atoms with Gasteiger partial charge in [-0.3, -0.25) is 19.7 Å². The molecule has 0 spiro atoms. The first-order chi connectivity index (χ1) is 11.3. The number of amides is 2. The van der Waals surface area contributed by atoms with Gasteiger partial charge in [-0.15, -0.1) is 0 Å². The number of nitrogens with one attached hydrogen (secondary N) is 1. The molecule has 0 radical (unpaired) electrons. The van der Waals surface area contributed by atoms with Crippen LogP contribution in [0.2, 0.25) is 0 Å². The molecule has 2 amide bonds. The molecule has 1 atom stereocenters. The SMILES string of the molecule is NC(=O)[C@@H](NC(=O)c1ccc(F)cc1[N+](=O)[O-])c1ccc(F)cc1. The minimum Gasteiger partial charge on any atom is -0.368 e. The smallest absolute Gasteiger partial charge is 0.285 e. The second-order valence-corrected chi connectivity index (χ2v) is 4.78. The Hall–Kier alpha value is -3.36. The van der Waals surface area contributed by atoms with Crippen molar-refractivity contribution in [2.24, 2.45) is 5.73 Å². The molecule has 2 aromatic carbocycles. The van der Waals surface area contributed by atoms with E-state index in [1.165, 1.54) is 12.1 Å². The summed E-state index contributed by atoms with van der Waals surface area (Å²) in [7, 11) is 0. The lowest BCUT2D eigenvalue weighted by Crippen LogP contribution is -2.37. The van der Waals surface area contributed by atoms with E-state index in [4.69, 9.17) is 5.73 Å². The van der Waals surface area contributed by atoms with E-state index in [0.717, 1.165) is 24.3 Å². The first kappa shape index (κ1) is 17.0. The fourth-order valence-electron chi connectivity index (χ4n) is 2.03. The van der Waals surface area contributed by atoms with Gasteiger partial charge in [-0.05, 0) is 29.8 Å². The first-order valence-electron chi connectivity index (χ1n) is 6.59. The van der Waals surface area contributed by atoms with Gasteiger partial charge in [0.05, 0.1) is 11.0 Å². The summed E-state index contributed by atoms with van der Waals surface area (Å²) in [4.78, 5) is 33.8. The van der Waals surface area contributed by atoms with Crippen LogP contribution < -0.4 is 11.1 Å². The number of benzene rings is 2. The third-order valence-corrected chi connectivity index (χ3v) is 3.16. The molecule has 9 heteroatoms. The summed E-state index contributed by atoms with van der Waals surface area (Å²) in [6.07, 6.45) is 0. The molecule has 0 aliphatic heterocycles. The molecule has 0 heterocycles. The molecule has 0 bridgehead atoms. The zero-order valence-electron chi connectivity index (χ0n) is 12.0. The van der Waals surface area contributed by atoms with Gasteiger partial charge >= 0.3 is 0 Å². The molecule has 7 nitrogen and oxygen atoms in total. The van der Waals surface area contributed by atoms with E-state index in [-0.39, 0.29) is 5.56 Å². The summed E-state index contributed by atoms with van der Waals surface area (Å²) >= 11 is 0. The highest BCUT2D eigenvalue weighted by Gasteiger charge is 2.26. The van der Waals surface area contributed by atoms with Gasteiger partial charge in [-0.2, -0.15) is 0 Å². The Kier molecular flexibility index (Phi) is 4.83. The van der Waals surface area contributed by atoms with E-state index in [9.17, 15) is 28.5 Å². The molecule has 0 saturated heterocycles. The second kappa shape index (κ2) is 6.82. The van der Waals surface area contributed by atoms with Crippen molar-refractivity contribution in [3.05, 3.63) is 75.3 Å². The van der Waals surface area contributed by atoms with Crippen molar-refractivity contribution in [2.75, 3.05) is 0 Å². The van der Waals surface area contributed by atoms with E-state index in [1.807, 2.05) is 0 Å². The molecule has 0 unspecified atom stereocenters. The van der Waals surface area contributed by atoms with Crippen LogP contribution in [0.4, 0.5) is 14.5 Å². The molecule has 24 heavy (non-hydrogen) atoms. The van der Waals surface area contributed by atoms with Crippen molar-refractivity contribution in [2.45, 2.75) is 6.04 Å². The summed E-state index contributed by atoms with van der Waals surface area (Å²) in [6, 6.07) is 5.67. The quantitative estimate of drug-likeness (QED) is 0.640. The van der Waals surface area contributed by atoms with Crippen LogP contribution in [0.15, 0.2) is 42.5 Å². The average Bonchev–Trinajstić information content (AvgIpc) is 2.53. The third-order valence-electron chi connectivity index (χ3n) is 3.16. The monoisotopic (exact) mass is 335 g/mol. The number of nitro groups is 1. The number of carbonyl (C=O) groups excluding carboxylic acids is 2. The normalized spacial score (nSPS) is 11.6. The van der Waals surface area contributed by atoms with Gasteiger partial charge in [0, 0.05) is 0 Å². The van der Waals surface area contributed by atoms with Gasteiger partial charge in [0.2, 0.25) is 5.91 Å². The molecule has 124 valence electrons. The van der Waals surface area contributed by atoms with Crippen LogP contribution in [-0.2, 0) is 4.79 Å². The summed E-state index contributed by atoms with van der Waals surface area (Å²) in [5.74, 6) is -3.37. The van der Waals surface area contributed by atoms with Gasteiger partial charge in [0.1, 0.15) is 23.2 Å². The Morgan fingerprint density at radius 2 is 1.67 bits per heavy atom. The number of carbonyl (C=O) groups is 2. The lowest BCUT2D eigenvalue weighted by molar-refractivity contribution is -0.385. The van der Waals surface area contributed by atoms with Crippen molar-refractivity contribution in [3.63, 3.8) is 0 Å². The van der Waals surface area contributed by atoms with Gasteiger partial charge in [0.15, 0.2) is 0 Å². The Labute approximate surface area is 134 Å². The van der Waals surface area contributed by atoms with Crippen molar-refractivity contribution >= 4 is 17.5 Å². The summed E-state index contributed by atoms with van der Waals surface area (Å²) in [6.45, 7) is 0. The van der Waals surface area contributed by atoms with Crippen molar-refractivity contribution < 1.29 is 23.3 Å². The highest BCUT2D eigenvalue weighted by molar-refractivity contribution is 6.00. The van der Waals surface area contributed by atoms with Gasteiger partial charge in [-0.1, -0.05) is 12.1 Å². The Morgan fingerprint density at radius 1 is 1.08 bits per heavy atom. The van der Waals surface area contributed by atoms with Crippen LogP contribution in [0.25, 0.3) is 0 Å². The molecule has 3 N–H and O–H groups in total. The van der Waals surface area contributed by atoms with E-state index in [0.29, 0.717) is 6.07 Å². The molecule has 0 aliphatic carbocycles. The van der Waals surface area contributed by atoms with E-state index in [2.05, 4.69) is 5.32 Å². The van der Waals surface area contributed by atoms with Crippen LogP contribution in [0, 0.1) is 21.7 Å². The third kappa shape index (κ3) is 3.69. The minimum absolute atomic E-state index is 0.196. The lowest BCUT2D eigenvalue weighted by Gasteiger charge is -2.16. The zero-order chi connectivity index (χ0) is 17.9. The number of nitrogens with zero attached hydrogens (tertiary/aromatic N) is 1. The van der Waals surface area contributed by atoms with Crippen LogP contribution in [0.1, 0.15) is 22.0 Å². The molecule has 0 aromatic heterocycles. The Bertz CT molecular complexity index is 809. The number of nitrogens with two attached hydrogens (primary N) is 1. The molecule has 0 fully saturated rings.